The van der Waals surface area contributed by atoms with Crippen molar-refractivity contribution < 1.29 is 4.21 Å². The van der Waals surface area contributed by atoms with Gasteiger partial charge in [-0.2, -0.15) is 0 Å². The summed E-state index contributed by atoms with van der Waals surface area (Å²) in [4.78, 5) is 0. The summed E-state index contributed by atoms with van der Waals surface area (Å²) in [5.41, 5.74) is 0.251. The summed E-state index contributed by atoms with van der Waals surface area (Å²) in [6, 6.07) is 0.417. The maximum Gasteiger partial charge on any atom is 0.105 e. The molecular formula is C10H20N2OS. The van der Waals surface area contributed by atoms with Gasteiger partial charge in [-0.05, 0) is 24.2 Å². The van der Waals surface area contributed by atoms with Crippen molar-refractivity contribution in [3.63, 3.8) is 0 Å². The number of nitrogens with zero attached hydrogens (tertiary/aromatic N) is 1. The van der Waals surface area contributed by atoms with Crippen molar-refractivity contribution in [1.29, 1.82) is 4.78 Å². The highest BCUT2D eigenvalue weighted by molar-refractivity contribution is 7.89. The third-order valence-corrected chi connectivity index (χ3v) is 5.16. The Balaban J connectivity index is 2.32. The highest BCUT2D eigenvalue weighted by Crippen LogP contribution is 2.49. The minimum Gasteiger partial charge on any atom is -0.240 e. The topological polar surface area (TPSA) is 44.2 Å². The van der Waals surface area contributed by atoms with Crippen LogP contribution in [0.3, 0.4) is 0 Å². The van der Waals surface area contributed by atoms with Crippen LogP contribution in [0.15, 0.2) is 0 Å². The number of fused-ring (bicyclic) bond motifs is 1. The van der Waals surface area contributed by atoms with Gasteiger partial charge in [0.05, 0.1) is 0 Å². The zero-order valence-electron chi connectivity index (χ0n) is 9.25. The maximum absolute atomic E-state index is 11.8. The van der Waals surface area contributed by atoms with Crippen LogP contribution in [0.4, 0.5) is 0 Å². The van der Waals surface area contributed by atoms with Gasteiger partial charge in [-0.25, -0.2) is 13.3 Å². The Kier molecular flexibility index (Phi) is 2.20. The summed E-state index contributed by atoms with van der Waals surface area (Å²) in [6.07, 6.45) is 5.19. The molecule has 0 bridgehead atoms. The monoisotopic (exact) mass is 216 g/mol. The fourth-order valence-electron chi connectivity index (χ4n) is 3.21. The Labute approximate surface area is 87.0 Å². The third kappa shape index (κ3) is 1.48. The summed E-state index contributed by atoms with van der Waals surface area (Å²) < 4.78 is 21.5. The van der Waals surface area contributed by atoms with Gasteiger partial charge < -0.3 is 0 Å². The second-order valence-electron chi connectivity index (χ2n) is 5.47. The highest BCUT2D eigenvalue weighted by Gasteiger charge is 2.50. The van der Waals surface area contributed by atoms with Gasteiger partial charge in [0.15, 0.2) is 0 Å². The first-order chi connectivity index (χ1) is 6.32. The van der Waals surface area contributed by atoms with Gasteiger partial charge in [0.2, 0.25) is 0 Å². The fraction of sp³-hybridized carbons (Fsp3) is 1.00. The Hall–Kier alpha value is -0.0900. The molecule has 1 aliphatic carbocycles. The molecule has 0 aromatic heterocycles. The largest absolute Gasteiger partial charge is 0.240 e. The van der Waals surface area contributed by atoms with Crippen LogP contribution >= 0.6 is 0 Å². The number of rotatable bonds is 1. The zero-order valence-corrected chi connectivity index (χ0v) is 10.1. The SMILES string of the molecule is CC1(C)CN(S(C)(=N)=O)C2CCCC21. The minimum absolute atomic E-state index is 0.251. The van der Waals surface area contributed by atoms with Crippen LogP contribution in [0, 0.1) is 16.1 Å². The van der Waals surface area contributed by atoms with E-state index in [-0.39, 0.29) is 5.41 Å². The van der Waals surface area contributed by atoms with Gasteiger partial charge in [-0.3, -0.25) is 0 Å². The van der Waals surface area contributed by atoms with Gasteiger partial charge >= 0.3 is 0 Å². The molecule has 82 valence electrons. The second-order valence-corrected chi connectivity index (χ2v) is 7.55. The molecule has 2 aliphatic rings. The molecule has 3 unspecified atom stereocenters. The lowest BCUT2D eigenvalue weighted by Gasteiger charge is -2.23. The van der Waals surface area contributed by atoms with Crippen LogP contribution in [-0.4, -0.2) is 27.4 Å². The normalized spacial score (nSPS) is 40.8. The average molecular weight is 216 g/mol. The van der Waals surface area contributed by atoms with E-state index in [4.69, 9.17) is 4.78 Å². The molecule has 1 heterocycles. The third-order valence-electron chi connectivity index (χ3n) is 3.86. The maximum atomic E-state index is 11.8. The van der Waals surface area contributed by atoms with Crippen LogP contribution in [0.2, 0.25) is 0 Å². The van der Waals surface area contributed by atoms with E-state index >= 15 is 0 Å². The first-order valence-corrected chi connectivity index (χ1v) is 7.25. The van der Waals surface area contributed by atoms with Gasteiger partial charge in [0.25, 0.3) is 0 Å². The van der Waals surface area contributed by atoms with Crippen molar-refractivity contribution in [3.8, 4) is 0 Å². The smallest absolute Gasteiger partial charge is 0.105 e. The second kappa shape index (κ2) is 2.95. The van der Waals surface area contributed by atoms with Crippen LogP contribution < -0.4 is 0 Å². The quantitative estimate of drug-likeness (QED) is 0.716. The standard InChI is InChI=1S/C10H20N2OS/c1-10(2)7-12(14(3,11)13)9-6-4-5-8(9)10/h8-9,11H,4-7H2,1-3H3. The highest BCUT2D eigenvalue weighted by atomic mass is 32.2. The number of hydrogen-bond acceptors (Lipinski definition) is 2. The first-order valence-electron chi connectivity index (χ1n) is 5.33. The number of nitrogens with one attached hydrogen (secondary N) is 1. The minimum atomic E-state index is -2.49. The van der Waals surface area contributed by atoms with E-state index in [0.717, 1.165) is 13.0 Å². The summed E-state index contributed by atoms with van der Waals surface area (Å²) in [7, 11) is -2.49. The van der Waals surface area contributed by atoms with Crippen molar-refractivity contribution in [3.05, 3.63) is 0 Å². The van der Waals surface area contributed by atoms with Gasteiger partial charge in [0, 0.05) is 18.8 Å². The van der Waals surface area contributed by atoms with Gasteiger partial charge in [0.1, 0.15) is 9.92 Å². The first kappa shape index (κ1) is 10.4. The van der Waals surface area contributed by atoms with E-state index < -0.39 is 9.92 Å². The molecule has 1 N–H and O–H groups in total. The lowest BCUT2D eigenvalue weighted by Crippen LogP contribution is -2.34. The van der Waals surface area contributed by atoms with Crippen molar-refractivity contribution >= 4 is 9.92 Å². The molecule has 4 heteroatoms. The molecule has 0 aromatic rings. The number of hydrogen-bond donors (Lipinski definition) is 1. The van der Waals surface area contributed by atoms with E-state index in [2.05, 4.69) is 13.8 Å². The zero-order chi connectivity index (χ0) is 10.6. The van der Waals surface area contributed by atoms with Crippen LogP contribution in [0.1, 0.15) is 33.1 Å². The molecule has 14 heavy (non-hydrogen) atoms. The molecule has 0 radical (unpaired) electrons. The molecule has 0 aromatic carbocycles. The molecule has 3 atom stereocenters. The Morgan fingerprint density at radius 3 is 2.64 bits per heavy atom. The predicted octanol–water partition coefficient (Wildman–Crippen LogP) is 2.09. The summed E-state index contributed by atoms with van der Waals surface area (Å²) in [5.74, 6) is 0.661. The Morgan fingerprint density at radius 1 is 1.43 bits per heavy atom. The van der Waals surface area contributed by atoms with E-state index in [9.17, 15) is 4.21 Å². The summed E-state index contributed by atoms with van der Waals surface area (Å²) >= 11 is 0. The van der Waals surface area contributed by atoms with Crippen molar-refractivity contribution in [2.75, 3.05) is 12.8 Å². The predicted molar refractivity (Wildman–Crippen MR) is 58.4 cm³/mol. The molecule has 2 rings (SSSR count). The Morgan fingerprint density at radius 2 is 2.07 bits per heavy atom. The van der Waals surface area contributed by atoms with Crippen molar-refractivity contribution in [2.45, 2.75) is 39.2 Å². The van der Waals surface area contributed by atoms with E-state index in [1.54, 1.807) is 6.26 Å². The van der Waals surface area contributed by atoms with E-state index in [1.165, 1.54) is 12.8 Å². The van der Waals surface area contributed by atoms with Gasteiger partial charge in [-0.15, -0.1) is 0 Å². The molecule has 1 aliphatic heterocycles. The van der Waals surface area contributed by atoms with Crippen LogP contribution in [0.25, 0.3) is 0 Å². The van der Waals surface area contributed by atoms with Crippen molar-refractivity contribution in [2.24, 2.45) is 11.3 Å². The molecule has 1 saturated carbocycles. The molecule has 0 spiro atoms. The average Bonchev–Trinajstić information content (AvgIpc) is 2.51. The summed E-state index contributed by atoms with van der Waals surface area (Å²) in [6.45, 7) is 5.34. The molecular weight excluding hydrogens is 196 g/mol. The lowest BCUT2D eigenvalue weighted by molar-refractivity contribution is 0.277. The fourth-order valence-corrected chi connectivity index (χ4v) is 4.56. The lowest BCUT2D eigenvalue weighted by atomic mass is 9.80. The molecule has 1 saturated heterocycles. The molecule has 3 nitrogen and oxygen atoms in total. The van der Waals surface area contributed by atoms with Crippen LogP contribution in [-0.2, 0) is 9.92 Å². The molecule has 2 fully saturated rings. The molecule has 0 amide bonds. The van der Waals surface area contributed by atoms with Gasteiger partial charge in [-0.1, -0.05) is 20.3 Å². The Bertz CT molecular complexity index is 334. The van der Waals surface area contributed by atoms with Crippen LogP contribution in [0.5, 0.6) is 0 Å². The van der Waals surface area contributed by atoms with E-state index in [0.29, 0.717) is 12.0 Å². The summed E-state index contributed by atoms with van der Waals surface area (Å²) in [5, 5.41) is 0. The van der Waals surface area contributed by atoms with Crippen molar-refractivity contribution in [1.82, 2.24) is 4.31 Å². The van der Waals surface area contributed by atoms with E-state index in [1.807, 2.05) is 4.31 Å².